The van der Waals surface area contributed by atoms with Crippen LogP contribution in [0.15, 0.2) is 24.3 Å². The molecular weight excluding hydrogens is 264 g/mol. The molecule has 2 atom stereocenters. The van der Waals surface area contributed by atoms with E-state index in [0.717, 1.165) is 19.3 Å². The lowest BCUT2D eigenvalue weighted by Crippen LogP contribution is -2.37. The molecule has 0 radical (unpaired) electrons. The van der Waals surface area contributed by atoms with Gasteiger partial charge < -0.3 is 15.3 Å². The normalized spacial score (nSPS) is 22.3. The van der Waals surface area contributed by atoms with Crippen LogP contribution in [-0.4, -0.2) is 35.7 Å². The second kappa shape index (κ2) is 6.26. The van der Waals surface area contributed by atoms with E-state index in [1.54, 1.807) is 36.2 Å². The fraction of sp³-hybridized carbons (Fsp3) is 0.500. The molecule has 1 aliphatic rings. The number of amides is 2. The van der Waals surface area contributed by atoms with Crippen LogP contribution in [0.5, 0.6) is 0 Å². The molecule has 0 aliphatic heterocycles. The highest BCUT2D eigenvalue weighted by molar-refractivity contribution is 6.30. The molecule has 0 heterocycles. The van der Waals surface area contributed by atoms with Crippen molar-refractivity contribution in [1.29, 1.82) is 0 Å². The first-order valence-corrected chi connectivity index (χ1v) is 6.90. The Labute approximate surface area is 118 Å². The molecule has 0 aromatic heterocycles. The number of benzene rings is 1. The van der Waals surface area contributed by atoms with Crippen LogP contribution in [0.1, 0.15) is 19.3 Å². The minimum absolute atomic E-state index is 0.165. The maximum absolute atomic E-state index is 12.0. The average Bonchev–Trinajstić information content (AvgIpc) is 2.78. The summed E-state index contributed by atoms with van der Waals surface area (Å²) in [7, 11) is 1.75. The molecule has 1 saturated carbocycles. The summed E-state index contributed by atoms with van der Waals surface area (Å²) < 4.78 is 0. The van der Waals surface area contributed by atoms with Crippen molar-refractivity contribution < 1.29 is 9.90 Å². The Morgan fingerprint density at radius 2 is 2.11 bits per heavy atom. The van der Waals surface area contributed by atoms with Gasteiger partial charge in [0.05, 0.1) is 6.10 Å². The van der Waals surface area contributed by atoms with Gasteiger partial charge in [-0.3, -0.25) is 0 Å². The molecule has 4 nitrogen and oxygen atoms in total. The van der Waals surface area contributed by atoms with Crippen molar-refractivity contribution in [3.05, 3.63) is 29.3 Å². The Kier molecular flexibility index (Phi) is 4.66. The molecular formula is C14H19ClN2O2. The molecule has 19 heavy (non-hydrogen) atoms. The number of hydrogen-bond donors (Lipinski definition) is 2. The Hall–Kier alpha value is -1.26. The maximum atomic E-state index is 12.0. The van der Waals surface area contributed by atoms with E-state index in [9.17, 15) is 9.90 Å². The van der Waals surface area contributed by atoms with Gasteiger partial charge >= 0.3 is 6.03 Å². The summed E-state index contributed by atoms with van der Waals surface area (Å²) >= 11 is 5.79. The second-order valence-corrected chi connectivity index (χ2v) is 5.51. The number of carbonyl (C=O) groups excluding carboxylic acids is 1. The van der Waals surface area contributed by atoms with E-state index in [1.165, 1.54) is 0 Å². The van der Waals surface area contributed by atoms with Crippen LogP contribution in [0.3, 0.4) is 0 Å². The van der Waals surface area contributed by atoms with Crippen LogP contribution in [0, 0.1) is 5.92 Å². The summed E-state index contributed by atoms with van der Waals surface area (Å²) in [6.07, 6.45) is 2.60. The van der Waals surface area contributed by atoms with Gasteiger partial charge in [-0.1, -0.05) is 18.0 Å². The van der Waals surface area contributed by atoms with Crippen LogP contribution in [-0.2, 0) is 0 Å². The molecule has 5 heteroatoms. The number of nitrogens with zero attached hydrogens (tertiary/aromatic N) is 1. The Morgan fingerprint density at radius 3 is 2.68 bits per heavy atom. The van der Waals surface area contributed by atoms with Crippen molar-refractivity contribution in [3.8, 4) is 0 Å². The standard InChI is InChI=1S/C14H19ClN2O2/c1-17(9-10-3-2-4-13(10)18)14(19)16-12-7-5-11(15)6-8-12/h5-8,10,13,18H,2-4,9H2,1H3,(H,16,19). The van der Waals surface area contributed by atoms with E-state index in [4.69, 9.17) is 11.6 Å². The summed E-state index contributed by atoms with van der Waals surface area (Å²) in [6.45, 7) is 0.584. The lowest BCUT2D eigenvalue weighted by atomic mass is 10.1. The number of urea groups is 1. The van der Waals surface area contributed by atoms with Crippen molar-refractivity contribution in [1.82, 2.24) is 4.90 Å². The number of nitrogens with one attached hydrogen (secondary N) is 1. The second-order valence-electron chi connectivity index (χ2n) is 5.08. The molecule has 1 aliphatic carbocycles. The van der Waals surface area contributed by atoms with Gasteiger partial charge in [-0.05, 0) is 37.1 Å². The van der Waals surface area contributed by atoms with Crippen molar-refractivity contribution in [2.45, 2.75) is 25.4 Å². The minimum Gasteiger partial charge on any atom is -0.393 e. The predicted octanol–water partition coefficient (Wildman–Crippen LogP) is 2.96. The van der Waals surface area contributed by atoms with E-state index in [1.807, 2.05) is 0 Å². The number of carbonyl (C=O) groups is 1. The van der Waals surface area contributed by atoms with Crippen LogP contribution >= 0.6 is 11.6 Å². The Morgan fingerprint density at radius 1 is 1.42 bits per heavy atom. The van der Waals surface area contributed by atoms with Gasteiger partial charge in [0.25, 0.3) is 0 Å². The topological polar surface area (TPSA) is 52.6 Å². The van der Waals surface area contributed by atoms with Crippen molar-refractivity contribution >= 4 is 23.3 Å². The van der Waals surface area contributed by atoms with Gasteiger partial charge in [0.2, 0.25) is 0 Å². The molecule has 2 unspecified atom stereocenters. The summed E-state index contributed by atoms with van der Waals surface area (Å²) in [6, 6.07) is 6.83. The van der Waals surface area contributed by atoms with E-state index < -0.39 is 0 Å². The first-order valence-electron chi connectivity index (χ1n) is 6.52. The average molecular weight is 283 g/mol. The number of hydrogen-bond acceptors (Lipinski definition) is 2. The van der Waals surface area contributed by atoms with Crippen molar-refractivity contribution in [3.63, 3.8) is 0 Å². The smallest absolute Gasteiger partial charge is 0.321 e. The van der Waals surface area contributed by atoms with Gasteiger partial charge in [-0.15, -0.1) is 0 Å². The third kappa shape index (κ3) is 3.85. The van der Waals surface area contributed by atoms with E-state index in [2.05, 4.69) is 5.32 Å². The molecule has 1 aromatic carbocycles. The SMILES string of the molecule is CN(CC1CCCC1O)C(=O)Nc1ccc(Cl)cc1. The molecule has 2 amide bonds. The zero-order valence-corrected chi connectivity index (χ0v) is 11.7. The van der Waals surface area contributed by atoms with Gasteiger partial charge in [-0.2, -0.15) is 0 Å². The van der Waals surface area contributed by atoms with Gasteiger partial charge in [0.1, 0.15) is 0 Å². The third-order valence-corrected chi connectivity index (χ3v) is 3.82. The van der Waals surface area contributed by atoms with Gasteiger partial charge in [0, 0.05) is 30.2 Å². The fourth-order valence-corrected chi connectivity index (χ4v) is 2.54. The van der Waals surface area contributed by atoms with Crippen LogP contribution < -0.4 is 5.32 Å². The quantitative estimate of drug-likeness (QED) is 0.895. The Balaban J connectivity index is 1.86. The maximum Gasteiger partial charge on any atom is 0.321 e. The molecule has 1 fully saturated rings. The molecule has 1 aromatic rings. The van der Waals surface area contributed by atoms with Crippen LogP contribution in [0.25, 0.3) is 0 Å². The number of aliphatic hydroxyl groups is 1. The third-order valence-electron chi connectivity index (χ3n) is 3.57. The first-order chi connectivity index (χ1) is 9.06. The summed E-state index contributed by atoms with van der Waals surface area (Å²) in [5.74, 6) is 0.195. The highest BCUT2D eigenvalue weighted by Crippen LogP contribution is 2.26. The largest absolute Gasteiger partial charge is 0.393 e. The Bertz CT molecular complexity index is 436. The van der Waals surface area contributed by atoms with Gasteiger partial charge in [0.15, 0.2) is 0 Å². The monoisotopic (exact) mass is 282 g/mol. The first kappa shape index (κ1) is 14.2. The fourth-order valence-electron chi connectivity index (χ4n) is 2.42. The minimum atomic E-state index is -0.272. The number of aliphatic hydroxyl groups excluding tert-OH is 1. The number of anilines is 1. The zero-order valence-electron chi connectivity index (χ0n) is 11.0. The van der Waals surface area contributed by atoms with Crippen molar-refractivity contribution in [2.24, 2.45) is 5.92 Å². The van der Waals surface area contributed by atoms with Crippen LogP contribution in [0.4, 0.5) is 10.5 Å². The lowest BCUT2D eigenvalue weighted by molar-refractivity contribution is 0.116. The zero-order chi connectivity index (χ0) is 13.8. The highest BCUT2D eigenvalue weighted by Gasteiger charge is 2.27. The molecule has 0 spiro atoms. The molecule has 0 bridgehead atoms. The van der Waals surface area contributed by atoms with E-state index in [-0.39, 0.29) is 18.1 Å². The predicted molar refractivity (Wildman–Crippen MR) is 76.4 cm³/mol. The van der Waals surface area contributed by atoms with E-state index in [0.29, 0.717) is 17.3 Å². The highest BCUT2D eigenvalue weighted by atomic mass is 35.5. The molecule has 104 valence electrons. The number of rotatable bonds is 3. The van der Waals surface area contributed by atoms with Crippen LogP contribution in [0.2, 0.25) is 5.02 Å². The molecule has 0 saturated heterocycles. The van der Waals surface area contributed by atoms with Crippen molar-refractivity contribution in [2.75, 3.05) is 18.9 Å². The number of halogens is 1. The lowest BCUT2D eigenvalue weighted by Gasteiger charge is -2.23. The molecule has 2 rings (SSSR count). The summed E-state index contributed by atoms with van der Waals surface area (Å²) in [4.78, 5) is 13.6. The van der Waals surface area contributed by atoms with E-state index >= 15 is 0 Å². The summed E-state index contributed by atoms with van der Waals surface area (Å²) in [5.41, 5.74) is 0.716. The molecule has 2 N–H and O–H groups in total. The van der Waals surface area contributed by atoms with Gasteiger partial charge in [-0.25, -0.2) is 4.79 Å². The summed E-state index contributed by atoms with van der Waals surface area (Å²) in [5, 5.41) is 13.2.